The summed E-state index contributed by atoms with van der Waals surface area (Å²) in [7, 11) is 0. The average molecular weight is 514 g/mol. The fraction of sp³-hybridized carbons (Fsp3) is 0.267. The predicted octanol–water partition coefficient (Wildman–Crippen LogP) is 5.79. The second kappa shape index (κ2) is 10.0. The van der Waals surface area contributed by atoms with Crippen LogP contribution in [-0.2, 0) is 24.2 Å². The molecule has 0 bridgehead atoms. The number of aromatic carboxylic acids is 1. The number of aryl methyl sites for hydroxylation is 2. The zero-order chi connectivity index (χ0) is 26.2. The van der Waals surface area contributed by atoms with Gasteiger partial charge in [0.2, 0.25) is 0 Å². The monoisotopic (exact) mass is 513 g/mol. The van der Waals surface area contributed by atoms with Crippen molar-refractivity contribution in [1.29, 1.82) is 0 Å². The summed E-state index contributed by atoms with van der Waals surface area (Å²) in [4.78, 5) is 11.2. The van der Waals surface area contributed by atoms with Crippen molar-refractivity contribution in [1.82, 2.24) is 14.3 Å². The van der Waals surface area contributed by atoms with E-state index in [2.05, 4.69) is 17.2 Å². The maximum atomic E-state index is 13.8. The average Bonchev–Trinajstić information content (AvgIpc) is 3.50. The van der Waals surface area contributed by atoms with Gasteiger partial charge in [-0.3, -0.25) is 0 Å². The van der Waals surface area contributed by atoms with Crippen molar-refractivity contribution < 1.29 is 24.1 Å². The topological polar surface area (TPSA) is 89.5 Å². The number of aliphatic hydroxyl groups excluding tert-OH is 1. The SMILES string of the molecule is O=C(O)c1ccc(CCc2c(CO)n(-c3ccc(F)cc3)c3cc4cnn(C5CCCCO5)c4cc23)cc1. The van der Waals surface area contributed by atoms with Gasteiger partial charge in [-0.15, -0.1) is 0 Å². The highest BCUT2D eigenvalue weighted by Crippen LogP contribution is 2.35. The van der Waals surface area contributed by atoms with Gasteiger partial charge in [-0.1, -0.05) is 12.1 Å². The van der Waals surface area contributed by atoms with E-state index in [-0.39, 0.29) is 24.2 Å². The van der Waals surface area contributed by atoms with Gasteiger partial charge < -0.3 is 19.5 Å². The Kier molecular flexibility index (Phi) is 6.43. The van der Waals surface area contributed by atoms with Crippen LogP contribution in [0.4, 0.5) is 4.39 Å². The molecule has 0 radical (unpaired) electrons. The van der Waals surface area contributed by atoms with Crippen molar-refractivity contribution in [3.8, 4) is 5.69 Å². The molecule has 38 heavy (non-hydrogen) atoms. The third-order valence-electron chi connectivity index (χ3n) is 7.42. The van der Waals surface area contributed by atoms with Gasteiger partial charge in [0, 0.05) is 23.1 Å². The number of fused-ring (bicyclic) bond motifs is 2. The van der Waals surface area contributed by atoms with Crippen molar-refractivity contribution in [3.05, 3.63) is 95.1 Å². The third-order valence-corrected chi connectivity index (χ3v) is 7.42. The molecule has 0 saturated carbocycles. The van der Waals surface area contributed by atoms with E-state index >= 15 is 0 Å². The standard InChI is InChI=1S/C30H28FN3O4/c31-22-9-11-23(12-10-22)33-27-15-21-17-32-34(29-3-1-2-14-38-29)26(21)16-25(27)24(28(33)18-35)13-6-19-4-7-20(8-5-19)30(36)37/h4-5,7-12,15-17,29,35H,1-3,6,13-14,18H2,(H,36,37). The maximum Gasteiger partial charge on any atom is 0.335 e. The number of aliphatic hydroxyl groups is 1. The number of hydrogen-bond acceptors (Lipinski definition) is 4. The Morgan fingerprint density at radius 3 is 2.50 bits per heavy atom. The molecule has 0 aliphatic carbocycles. The highest BCUT2D eigenvalue weighted by atomic mass is 19.1. The van der Waals surface area contributed by atoms with Crippen LogP contribution in [0.1, 0.15) is 52.7 Å². The highest BCUT2D eigenvalue weighted by molar-refractivity contribution is 5.99. The molecule has 1 fully saturated rings. The van der Waals surface area contributed by atoms with Crippen LogP contribution in [0, 0.1) is 5.82 Å². The lowest BCUT2D eigenvalue weighted by Crippen LogP contribution is -2.18. The predicted molar refractivity (Wildman–Crippen MR) is 142 cm³/mol. The summed E-state index contributed by atoms with van der Waals surface area (Å²) in [5.74, 6) is -1.28. The molecule has 3 aromatic carbocycles. The Hall–Kier alpha value is -4.01. The minimum Gasteiger partial charge on any atom is -0.478 e. The molecule has 194 valence electrons. The van der Waals surface area contributed by atoms with Gasteiger partial charge in [0.15, 0.2) is 6.23 Å². The second-order valence-electron chi connectivity index (χ2n) is 9.74. The third kappa shape index (κ3) is 4.36. The van der Waals surface area contributed by atoms with E-state index in [0.29, 0.717) is 12.8 Å². The van der Waals surface area contributed by atoms with Gasteiger partial charge in [0.1, 0.15) is 5.82 Å². The summed E-state index contributed by atoms with van der Waals surface area (Å²) in [5.41, 5.74) is 5.63. The Bertz CT molecular complexity index is 1610. The molecular weight excluding hydrogens is 485 g/mol. The van der Waals surface area contributed by atoms with E-state index in [4.69, 9.17) is 4.74 Å². The summed E-state index contributed by atoms with van der Waals surface area (Å²) in [6, 6.07) is 17.3. The first-order valence-corrected chi connectivity index (χ1v) is 12.9. The van der Waals surface area contributed by atoms with Gasteiger partial charge in [0.25, 0.3) is 0 Å². The molecule has 1 saturated heterocycles. The highest BCUT2D eigenvalue weighted by Gasteiger charge is 2.23. The molecule has 2 aromatic heterocycles. The number of carbonyl (C=O) groups is 1. The van der Waals surface area contributed by atoms with E-state index < -0.39 is 5.97 Å². The molecule has 8 heteroatoms. The Morgan fingerprint density at radius 2 is 1.82 bits per heavy atom. The van der Waals surface area contributed by atoms with Crippen LogP contribution < -0.4 is 0 Å². The number of carboxylic acids is 1. The van der Waals surface area contributed by atoms with Crippen LogP contribution in [0.5, 0.6) is 0 Å². The molecule has 5 aromatic rings. The number of hydrogen-bond donors (Lipinski definition) is 2. The largest absolute Gasteiger partial charge is 0.478 e. The molecule has 2 N–H and O–H groups in total. The summed E-state index contributed by atoms with van der Waals surface area (Å²) in [5, 5.41) is 26.4. The minimum atomic E-state index is -0.955. The molecule has 0 spiro atoms. The van der Waals surface area contributed by atoms with Crippen molar-refractivity contribution in [3.63, 3.8) is 0 Å². The first-order valence-electron chi connectivity index (χ1n) is 12.9. The summed E-state index contributed by atoms with van der Waals surface area (Å²) in [6.07, 6.45) is 6.09. The van der Waals surface area contributed by atoms with Crippen molar-refractivity contribution in [2.24, 2.45) is 0 Å². The van der Waals surface area contributed by atoms with Crippen LogP contribution >= 0.6 is 0 Å². The van der Waals surface area contributed by atoms with E-state index in [0.717, 1.165) is 70.2 Å². The van der Waals surface area contributed by atoms with Crippen molar-refractivity contribution >= 4 is 27.8 Å². The van der Waals surface area contributed by atoms with Gasteiger partial charge in [-0.25, -0.2) is 13.9 Å². The van der Waals surface area contributed by atoms with Crippen LogP contribution in [0.15, 0.2) is 66.9 Å². The molecule has 3 heterocycles. The fourth-order valence-corrected chi connectivity index (χ4v) is 5.50. The lowest BCUT2D eigenvalue weighted by atomic mass is 10.00. The van der Waals surface area contributed by atoms with Crippen molar-refractivity contribution in [2.75, 3.05) is 6.61 Å². The molecule has 1 unspecified atom stereocenters. The normalized spacial score (nSPS) is 15.9. The van der Waals surface area contributed by atoms with Gasteiger partial charge in [-0.05, 0) is 91.8 Å². The van der Waals surface area contributed by atoms with Crippen LogP contribution in [0.2, 0.25) is 0 Å². The molecule has 1 aliphatic heterocycles. The first-order chi connectivity index (χ1) is 18.5. The quantitative estimate of drug-likeness (QED) is 0.287. The van der Waals surface area contributed by atoms with Crippen molar-refractivity contribution in [2.45, 2.75) is 44.9 Å². The summed E-state index contributed by atoms with van der Waals surface area (Å²) >= 11 is 0. The number of rotatable bonds is 7. The zero-order valence-electron chi connectivity index (χ0n) is 20.8. The lowest BCUT2D eigenvalue weighted by Gasteiger charge is -2.23. The number of halogens is 1. The Morgan fingerprint density at radius 1 is 1.03 bits per heavy atom. The van der Waals surface area contributed by atoms with Crippen LogP contribution in [-0.4, -0.2) is 37.1 Å². The fourth-order valence-electron chi connectivity index (χ4n) is 5.50. The lowest BCUT2D eigenvalue weighted by molar-refractivity contribution is -0.0366. The first kappa shape index (κ1) is 24.3. The zero-order valence-corrected chi connectivity index (χ0v) is 20.8. The van der Waals surface area contributed by atoms with E-state index in [1.807, 2.05) is 27.6 Å². The number of ether oxygens (including phenoxy) is 1. The molecule has 1 atom stereocenters. The second-order valence-corrected chi connectivity index (χ2v) is 9.74. The van der Waals surface area contributed by atoms with E-state index in [1.165, 1.54) is 12.1 Å². The minimum absolute atomic E-state index is 0.105. The summed E-state index contributed by atoms with van der Waals surface area (Å²) < 4.78 is 23.7. The molecule has 6 rings (SSSR count). The number of benzene rings is 3. The molecule has 0 amide bonds. The van der Waals surface area contributed by atoms with Gasteiger partial charge in [-0.2, -0.15) is 5.10 Å². The van der Waals surface area contributed by atoms with E-state index in [1.54, 1.807) is 24.3 Å². The van der Waals surface area contributed by atoms with Gasteiger partial charge in [0.05, 0.1) is 35.1 Å². The Balaban J connectivity index is 1.49. The molecule has 7 nitrogen and oxygen atoms in total. The number of aromatic nitrogens is 3. The number of nitrogens with zero attached hydrogens (tertiary/aromatic N) is 3. The molecule has 1 aliphatic rings. The number of carboxylic acid groups (broad SMARTS) is 1. The van der Waals surface area contributed by atoms with Crippen LogP contribution in [0.3, 0.4) is 0 Å². The smallest absolute Gasteiger partial charge is 0.335 e. The molecular formula is C30H28FN3O4. The van der Waals surface area contributed by atoms with Crippen LogP contribution in [0.25, 0.3) is 27.5 Å². The van der Waals surface area contributed by atoms with E-state index in [9.17, 15) is 19.4 Å². The maximum absolute atomic E-state index is 13.8. The summed E-state index contributed by atoms with van der Waals surface area (Å²) in [6.45, 7) is 0.531. The van der Waals surface area contributed by atoms with Gasteiger partial charge >= 0.3 is 5.97 Å². The Labute approximate surface area is 218 Å².